The molecule has 0 saturated carbocycles. The lowest BCUT2D eigenvalue weighted by Crippen LogP contribution is -2.27. The molecule has 1 amide bonds. The van der Waals surface area contributed by atoms with Gasteiger partial charge < -0.3 is 14.8 Å². The quantitative estimate of drug-likeness (QED) is 0.558. The van der Waals surface area contributed by atoms with E-state index in [0.29, 0.717) is 28.3 Å². The summed E-state index contributed by atoms with van der Waals surface area (Å²) in [6.45, 7) is 0.0425. The lowest BCUT2D eigenvalue weighted by Gasteiger charge is -2.20. The van der Waals surface area contributed by atoms with Crippen molar-refractivity contribution < 1.29 is 27.1 Å². The van der Waals surface area contributed by atoms with Gasteiger partial charge in [0.05, 0.1) is 24.8 Å². The van der Waals surface area contributed by atoms with Crippen LogP contribution in [0.4, 0.5) is 10.1 Å². The molecule has 7 nitrogen and oxygen atoms in total. The van der Waals surface area contributed by atoms with E-state index in [1.807, 2.05) is 0 Å². The molecular formula is C23H23FN2O5S. The highest BCUT2D eigenvalue weighted by Crippen LogP contribution is 2.31. The fraction of sp³-hybridized carbons (Fsp3) is 0.174. The zero-order valence-corrected chi connectivity index (χ0v) is 18.6. The molecule has 0 aliphatic carbocycles. The number of anilines is 1. The molecule has 0 aliphatic heterocycles. The third-order valence-electron chi connectivity index (χ3n) is 4.90. The van der Waals surface area contributed by atoms with Crippen LogP contribution >= 0.6 is 0 Å². The monoisotopic (exact) mass is 458 g/mol. The maximum Gasteiger partial charge on any atom is 0.264 e. The van der Waals surface area contributed by atoms with Gasteiger partial charge in [-0.3, -0.25) is 9.10 Å². The predicted octanol–water partition coefficient (Wildman–Crippen LogP) is 3.60. The van der Waals surface area contributed by atoms with Gasteiger partial charge in [0, 0.05) is 30.8 Å². The normalized spacial score (nSPS) is 11.0. The first-order valence-electron chi connectivity index (χ1n) is 9.60. The van der Waals surface area contributed by atoms with Crippen LogP contribution in [0.2, 0.25) is 0 Å². The van der Waals surface area contributed by atoms with Crippen LogP contribution < -0.4 is 19.1 Å². The van der Waals surface area contributed by atoms with E-state index in [2.05, 4.69) is 5.32 Å². The third kappa shape index (κ3) is 4.83. The molecule has 32 heavy (non-hydrogen) atoms. The van der Waals surface area contributed by atoms with E-state index in [1.165, 1.54) is 69.8 Å². The first-order chi connectivity index (χ1) is 15.3. The number of methoxy groups -OCH3 is 2. The fourth-order valence-electron chi connectivity index (χ4n) is 3.02. The fourth-order valence-corrected chi connectivity index (χ4v) is 4.23. The van der Waals surface area contributed by atoms with Gasteiger partial charge in [-0.05, 0) is 42.5 Å². The number of halogens is 1. The summed E-state index contributed by atoms with van der Waals surface area (Å²) in [7, 11) is 0.427. The molecule has 3 aromatic rings. The van der Waals surface area contributed by atoms with Gasteiger partial charge in [-0.2, -0.15) is 0 Å². The van der Waals surface area contributed by atoms with Gasteiger partial charge in [0.1, 0.15) is 5.82 Å². The number of carbonyl (C=O) groups excluding carboxylic acids is 1. The summed E-state index contributed by atoms with van der Waals surface area (Å²) >= 11 is 0. The SMILES string of the molecule is COc1ccc(S(=O)(=O)N(C)c2ccc(C(=O)NCc3ccccc3F)cc2)cc1OC. The Morgan fingerprint density at radius 1 is 0.969 bits per heavy atom. The molecule has 0 spiro atoms. The molecule has 0 radical (unpaired) electrons. The minimum Gasteiger partial charge on any atom is -0.493 e. The van der Waals surface area contributed by atoms with Crippen LogP contribution in [0, 0.1) is 5.82 Å². The molecular weight excluding hydrogens is 435 g/mol. The summed E-state index contributed by atoms with van der Waals surface area (Å²) in [4.78, 5) is 12.4. The van der Waals surface area contributed by atoms with Crippen LogP contribution in [-0.2, 0) is 16.6 Å². The van der Waals surface area contributed by atoms with Crippen LogP contribution in [0.1, 0.15) is 15.9 Å². The molecule has 3 rings (SSSR count). The Balaban J connectivity index is 1.74. The van der Waals surface area contributed by atoms with Gasteiger partial charge in [0.25, 0.3) is 15.9 Å². The first kappa shape index (κ1) is 23.1. The number of rotatable bonds is 8. The topological polar surface area (TPSA) is 84.9 Å². The van der Waals surface area contributed by atoms with E-state index in [1.54, 1.807) is 18.2 Å². The van der Waals surface area contributed by atoms with E-state index in [0.717, 1.165) is 4.31 Å². The standard InChI is InChI=1S/C23H23FN2O5S/c1-26(32(28,29)19-12-13-21(30-2)22(14-19)31-3)18-10-8-16(9-11-18)23(27)25-15-17-6-4-5-7-20(17)24/h4-14H,15H2,1-3H3,(H,25,27). The van der Waals surface area contributed by atoms with Crippen molar-refractivity contribution in [3.63, 3.8) is 0 Å². The minimum absolute atomic E-state index is 0.0318. The van der Waals surface area contributed by atoms with Crippen molar-refractivity contribution in [2.45, 2.75) is 11.4 Å². The highest BCUT2D eigenvalue weighted by molar-refractivity contribution is 7.92. The number of carbonyl (C=O) groups is 1. The Kier molecular flexibility index (Phi) is 6.99. The van der Waals surface area contributed by atoms with E-state index in [9.17, 15) is 17.6 Å². The smallest absolute Gasteiger partial charge is 0.264 e. The molecule has 0 fully saturated rings. The van der Waals surface area contributed by atoms with Crippen LogP contribution in [0.3, 0.4) is 0 Å². The maximum atomic E-state index is 13.7. The number of nitrogens with one attached hydrogen (secondary N) is 1. The second-order valence-corrected chi connectivity index (χ2v) is 8.78. The molecule has 1 N–H and O–H groups in total. The number of hydrogen-bond acceptors (Lipinski definition) is 5. The van der Waals surface area contributed by atoms with Crippen LogP contribution in [-0.4, -0.2) is 35.6 Å². The molecule has 0 unspecified atom stereocenters. The number of amides is 1. The van der Waals surface area contributed by atoms with Gasteiger partial charge in [-0.1, -0.05) is 18.2 Å². The second-order valence-electron chi connectivity index (χ2n) is 6.81. The summed E-state index contributed by atoms with van der Waals surface area (Å²) in [6, 6.07) is 16.6. The summed E-state index contributed by atoms with van der Waals surface area (Å²) in [6.07, 6.45) is 0. The number of ether oxygens (including phenoxy) is 2. The van der Waals surface area contributed by atoms with Crippen molar-refractivity contribution in [2.75, 3.05) is 25.6 Å². The van der Waals surface area contributed by atoms with Gasteiger partial charge in [-0.25, -0.2) is 12.8 Å². The Bertz CT molecular complexity index is 1210. The average molecular weight is 459 g/mol. The van der Waals surface area contributed by atoms with E-state index >= 15 is 0 Å². The lowest BCUT2D eigenvalue weighted by molar-refractivity contribution is 0.0950. The average Bonchev–Trinajstić information content (AvgIpc) is 2.82. The maximum absolute atomic E-state index is 13.7. The number of nitrogens with zero attached hydrogens (tertiary/aromatic N) is 1. The molecule has 0 saturated heterocycles. The zero-order valence-electron chi connectivity index (χ0n) is 17.8. The molecule has 3 aromatic carbocycles. The summed E-state index contributed by atoms with van der Waals surface area (Å²) in [5.41, 5.74) is 1.06. The molecule has 9 heteroatoms. The van der Waals surface area contributed by atoms with Crippen molar-refractivity contribution >= 4 is 21.6 Å². The number of sulfonamides is 1. The van der Waals surface area contributed by atoms with E-state index < -0.39 is 21.7 Å². The van der Waals surface area contributed by atoms with Crippen molar-refractivity contribution in [2.24, 2.45) is 0 Å². The highest BCUT2D eigenvalue weighted by Gasteiger charge is 2.23. The Labute approximate surface area is 186 Å². The molecule has 0 atom stereocenters. The predicted molar refractivity (Wildman–Crippen MR) is 119 cm³/mol. The Hall–Kier alpha value is -3.59. The Morgan fingerprint density at radius 2 is 1.62 bits per heavy atom. The van der Waals surface area contributed by atoms with Gasteiger partial charge in [-0.15, -0.1) is 0 Å². The molecule has 0 aromatic heterocycles. The zero-order chi connectivity index (χ0) is 23.3. The van der Waals surface area contributed by atoms with Gasteiger partial charge in [0.15, 0.2) is 11.5 Å². The Morgan fingerprint density at radius 3 is 2.25 bits per heavy atom. The number of benzene rings is 3. The third-order valence-corrected chi connectivity index (χ3v) is 6.69. The van der Waals surface area contributed by atoms with Crippen molar-refractivity contribution in [3.8, 4) is 11.5 Å². The largest absolute Gasteiger partial charge is 0.493 e. The van der Waals surface area contributed by atoms with Crippen LogP contribution in [0.25, 0.3) is 0 Å². The summed E-state index contributed by atoms with van der Waals surface area (Å²) < 4.78 is 51.2. The van der Waals surface area contributed by atoms with E-state index in [4.69, 9.17) is 9.47 Å². The first-order valence-corrected chi connectivity index (χ1v) is 11.0. The molecule has 0 heterocycles. The highest BCUT2D eigenvalue weighted by atomic mass is 32.2. The lowest BCUT2D eigenvalue weighted by atomic mass is 10.1. The minimum atomic E-state index is -3.88. The van der Waals surface area contributed by atoms with E-state index in [-0.39, 0.29) is 11.4 Å². The van der Waals surface area contributed by atoms with Crippen LogP contribution in [0.15, 0.2) is 71.6 Å². The van der Waals surface area contributed by atoms with Crippen molar-refractivity contribution in [1.29, 1.82) is 0 Å². The van der Waals surface area contributed by atoms with Gasteiger partial charge >= 0.3 is 0 Å². The van der Waals surface area contributed by atoms with Crippen LogP contribution in [0.5, 0.6) is 11.5 Å². The summed E-state index contributed by atoms with van der Waals surface area (Å²) in [5, 5.41) is 2.65. The molecule has 0 aliphatic rings. The number of hydrogen-bond donors (Lipinski definition) is 1. The molecule has 0 bridgehead atoms. The second kappa shape index (κ2) is 9.69. The van der Waals surface area contributed by atoms with Crippen molar-refractivity contribution in [3.05, 3.63) is 83.7 Å². The van der Waals surface area contributed by atoms with Crippen molar-refractivity contribution in [1.82, 2.24) is 5.32 Å². The summed E-state index contributed by atoms with van der Waals surface area (Å²) in [5.74, 6) is -0.0842. The molecule has 168 valence electrons. The van der Waals surface area contributed by atoms with Gasteiger partial charge in [0.2, 0.25) is 0 Å².